The van der Waals surface area contributed by atoms with Gasteiger partial charge >= 0.3 is 6.09 Å². The molecule has 3 aliphatic rings. The molecule has 0 bridgehead atoms. The summed E-state index contributed by atoms with van der Waals surface area (Å²) in [5, 5.41) is 5.03. The Bertz CT molecular complexity index is 3050. The summed E-state index contributed by atoms with van der Waals surface area (Å²) in [5.41, 5.74) is 7.46. The Kier molecular flexibility index (Phi) is 25.0. The largest absolute Gasteiger partial charge is 0.444 e. The summed E-state index contributed by atoms with van der Waals surface area (Å²) >= 11 is 0. The number of carbonyl (C=O) groups excluding carboxylic acids is 1. The summed E-state index contributed by atoms with van der Waals surface area (Å²) < 4.78 is 89.8. The third kappa shape index (κ3) is 20.5. The minimum atomic E-state index is -3.19. The van der Waals surface area contributed by atoms with Crippen LogP contribution in [0.2, 0.25) is 0 Å². The Balaban J connectivity index is 0.000000284. The summed E-state index contributed by atoms with van der Waals surface area (Å²) in [6.45, 7) is 12.1. The maximum absolute atomic E-state index is 13.7. The maximum Gasteiger partial charge on any atom is 0.407 e. The molecule has 18 nitrogen and oxygen atoms in total. The van der Waals surface area contributed by atoms with Gasteiger partial charge < -0.3 is 30.5 Å². The number of hydrogen-bond donors (Lipinski definition) is 3. The standard InChI is InChI=1S/C19H25FN4O2.C15H19FN4O2S.C14H17FN4.CH3ClO2S.2CH4.ClH/c1-19(2,3)26-18(25)21-10-13-5-4-8-24(11-13)17-15-9-14(20)6-7-16(15)22-12-23-17;1-23(21,22)19-8-11-3-2-6-20(9-11)15-13-7-12(16)4-5-14(13)17-10-18-15;15-11-3-4-13-12(6-11)14(18-9-17-13)19-5-1-2-10(7-16)8-19;1-5(2,3)4;;;/h6-7,9,12-13H,4-5,8,10-11H2,1-3H3,(H,21,25);4-5,7,10-11,19H,2-3,6,8-9H2,1H3;3-4,6,9-10H,1-2,5,7-8,16H2;1H3;2*1H4;1H. The quantitative estimate of drug-likeness (QED) is 0.115. The number of amides is 1. The lowest BCUT2D eigenvalue weighted by molar-refractivity contribution is 0.0517. The van der Waals surface area contributed by atoms with Crippen LogP contribution in [0.15, 0.2) is 73.6 Å². The molecule has 3 aliphatic heterocycles. The number of anilines is 3. The number of benzene rings is 3. The number of carbonyl (C=O) groups is 1. The molecule has 0 saturated carbocycles. The molecule has 3 unspecified atom stereocenters. The normalized spacial score (nSPS) is 17.7. The van der Waals surface area contributed by atoms with E-state index in [1.165, 1.54) is 49.1 Å². The summed E-state index contributed by atoms with van der Waals surface area (Å²) in [5.74, 6) is 2.39. The number of aromatic nitrogens is 6. The molecule has 76 heavy (non-hydrogen) atoms. The van der Waals surface area contributed by atoms with Crippen LogP contribution >= 0.6 is 23.1 Å². The first kappa shape index (κ1) is 64.8. The van der Waals surface area contributed by atoms with E-state index in [0.29, 0.717) is 54.2 Å². The molecular weight excluding hydrogens is 1070 g/mol. The zero-order valence-corrected chi connectivity index (χ0v) is 45.3. The number of sulfonamides is 1. The number of nitrogens with one attached hydrogen (secondary N) is 2. The van der Waals surface area contributed by atoms with Gasteiger partial charge in [-0.05, 0) is 138 Å². The molecule has 4 N–H and O–H groups in total. The van der Waals surface area contributed by atoms with Gasteiger partial charge in [0.25, 0.3) is 0 Å². The highest BCUT2D eigenvalue weighted by atomic mass is 35.7. The van der Waals surface area contributed by atoms with E-state index in [1.807, 2.05) is 20.8 Å². The van der Waals surface area contributed by atoms with Crippen molar-refractivity contribution >= 4 is 98.4 Å². The van der Waals surface area contributed by atoms with Crippen LogP contribution in [0, 0.1) is 35.2 Å². The molecule has 3 aromatic heterocycles. The van der Waals surface area contributed by atoms with E-state index in [0.717, 1.165) is 112 Å². The SMILES string of the molecule is C.C.CC(C)(C)OC(=O)NCC1CCCN(c2ncnc3ccc(F)cc23)C1.CS(=O)(=O)Cl.CS(=O)(=O)NCC1CCCN(c2ncnc3ccc(F)cc23)C1.Cl.NCC1CCCN(c2ncnc3ccc(F)cc23)C1. The topological polar surface area (TPSA) is 232 Å². The molecule has 6 aromatic rings. The van der Waals surface area contributed by atoms with Crippen LogP contribution in [-0.2, 0) is 23.8 Å². The first-order valence-corrected chi connectivity index (χ1v) is 28.6. The average molecular weight is 1140 g/mol. The van der Waals surface area contributed by atoms with Crippen molar-refractivity contribution in [1.82, 2.24) is 39.9 Å². The highest BCUT2D eigenvalue weighted by Gasteiger charge is 2.26. The van der Waals surface area contributed by atoms with Gasteiger partial charge in [-0.3, -0.25) is 0 Å². The van der Waals surface area contributed by atoms with Crippen molar-refractivity contribution < 1.29 is 39.5 Å². The van der Waals surface area contributed by atoms with Gasteiger partial charge in [0.15, 0.2) is 0 Å². The Morgan fingerprint density at radius 3 is 1.33 bits per heavy atom. The van der Waals surface area contributed by atoms with E-state index in [4.69, 9.17) is 10.5 Å². The Morgan fingerprint density at radius 1 is 0.645 bits per heavy atom. The predicted molar refractivity (Wildman–Crippen MR) is 301 cm³/mol. The molecule has 3 atom stereocenters. The number of piperidine rings is 3. The molecule has 25 heteroatoms. The first-order chi connectivity index (χ1) is 34.5. The number of halogens is 5. The van der Waals surface area contributed by atoms with Gasteiger partial charge in [-0.25, -0.2) is 69.4 Å². The van der Waals surface area contributed by atoms with E-state index >= 15 is 0 Å². The molecule has 3 fully saturated rings. The second-order valence-corrected chi connectivity index (χ2v) is 24.2. The molecule has 6 heterocycles. The number of ether oxygens (including phenoxy) is 1. The van der Waals surface area contributed by atoms with E-state index in [-0.39, 0.29) is 56.5 Å². The summed E-state index contributed by atoms with van der Waals surface area (Å²) in [4.78, 5) is 43.9. The number of rotatable bonds is 9. The summed E-state index contributed by atoms with van der Waals surface area (Å²) in [7, 11) is -1.88. The lowest BCUT2D eigenvalue weighted by atomic mass is 9.97. The van der Waals surface area contributed by atoms with Crippen molar-refractivity contribution in [3.63, 3.8) is 0 Å². The highest BCUT2D eigenvalue weighted by molar-refractivity contribution is 8.13. The number of nitrogens with two attached hydrogens (primary N) is 1. The Morgan fingerprint density at radius 2 is 0.987 bits per heavy atom. The smallest absolute Gasteiger partial charge is 0.407 e. The third-order valence-electron chi connectivity index (χ3n) is 12.1. The fourth-order valence-corrected chi connectivity index (χ4v) is 9.45. The van der Waals surface area contributed by atoms with Crippen LogP contribution in [-0.4, -0.2) is 130 Å². The lowest BCUT2D eigenvalue weighted by Crippen LogP contribution is -2.42. The van der Waals surface area contributed by atoms with Crippen LogP contribution in [0.3, 0.4) is 0 Å². The average Bonchev–Trinajstić information content (AvgIpc) is 3.34. The molecular formula is C51H73Cl2F3N12O6S2. The van der Waals surface area contributed by atoms with Crippen molar-refractivity contribution in [3.05, 3.63) is 91.0 Å². The van der Waals surface area contributed by atoms with Gasteiger partial charge in [-0.15, -0.1) is 12.4 Å². The van der Waals surface area contributed by atoms with Crippen LogP contribution in [0.25, 0.3) is 32.7 Å². The molecule has 420 valence electrons. The molecule has 3 aromatic carbocycles. The van der Waals surface area contributed by atoms with Crippen LogP contribution in [0.5, 0.6) is 0 Å². The van der Waals surface area contributed by atoms with Crippen molar-refractivity contribution in [2.45, 2.75) is 79.8 Å². The van der Waals surface area contributed by atoms with Crippen LogP contribution in [0.4, 0.5) is 35.4 Å². The first-order valence-electron chi connectivity index (χ1n) is 24.0. The third-order valence-corrected chi connectivity index (χ3v) is 12.8. The monoisotopic (exact) mass is 1140 g/mol. The number of hydrogen-bond acceptors (Lipinski definition) is 16. The van der Waals surface area contributed by atoms with E-state index in [1.54, 1.807) is 24.5 Å². The predicted octanol–water partition coefficient (Wildman–Crippen LogP) is 8.87. The molecule has 3 saturated heterocycles. The zero-order valence-electron chi connectivity index (χ0n) is 42.1. The minimum Gasteiger partial charge on any atom is -0.444 e. The molecule has 0 spiro atoms. The van der Waals surface area contributed by atoms with Gasteiger partial charge in [-0.1, -0.05) is 14.9 Å². The van der Waals surface area contributed by atoms with E-state index < -0.39 is 30.8 Å². The van der Waals surface area contributed by atoms with Crippen molar-refractivity contribution in [3.8, 4) is 0 Å². The van der Waals surface area contributed by atoms with Crippen molar-refractivity contribution in [2.75, 3.05) is 86.1 Å². The molecule has 1 amide bonds. The van der Waals surface area contributed by atoms with Crippen LogP contribution < -0.4 is 30.5 Å². The van der Waals surface area contributed by atoms with Crippen molar-refractivity contribution in [2.24, 2.45) is 23.5 Å². The van der Waals surface area contributed by atoms with Gasteiger partial charge in [0, 0.05) is 79.2 Å². The Hall–Kier alpha value is -5.46. The second-order valence-electron chi connectivity index (χ2n) is 19.4. The zero-order chi connectivity index (χ0) is 52.9. The fourth-order valence-electron chi connectivity index (χ4n) is 8.91. The van der Waals surface area contributed by atoms with E-state index in [2.05, 4.69) is 65.3 Å². The lowest BCUT2D eigenvalue weighted by Gasteiger charge is -2.34. The van der Waals surface area contributed by atoms with Gasteiger partial charge in [-0.2, -0.15) is 0 Å². The van der Waals surface area contributed by atoms with Crippen molar-refractivity contribution in [1.29, 1.82) is 0 Å². The molecule has 0 aliphatic carbocycles. The highest BCUT2D eigenvalue weighted by Crippen LogP contribution is 2.31. The number of fused-ring (bicyclic) bond motifs is 3. The Labute approximate surface area is 456 Å². The van der Waals surface area contributed by atoms with E-state index in [9.17, 15) is 34.8 Å². The second kappa shape index (κ2) is 29.3. The molecule has 9 rings (SSSR count). The van der Waals surface area contributed by atoms with Gasteiger partial charge in [0.2, 0.25) is 19.1 Å². The summed E-state index contributed by atoms with van der Waals surface area (Å²) in [6, 6.07) is 13.7. The molecule has 0 radical (unpaired) electrons. The van der Waals surface area contributed by atoms with Gasteiger partial charge in [0.1, 0.15) is 59.5 Å². The fraction of sp³-hybridized carbons (Fsp3) is 0.510. The maximum atomic E-state index is 13.7. The summed E-state index contributed by atoms with van der Waals surface area (Å²) in [6.07, 6.45) is 12.4. The minimum absolute atomic E-state index is 0. The number of alkyl carbamates (subject to hydrolysis) is 1. The van der Waals surface area contributed by atoms with Gasteiger partial charge in [0.05, 0.1) is 29.1 Å². The number of nitrogens with zero attached hydrogens (tertiary/aromatic N) is 9. The van der Waals surface area contributed by atoms with Crippen LogP contribution in [0.1, 0.15) is 74.1 Å².